The van der Waals surface area contributed by atoms with Crippen molar-refractivity contribution < 1.29 is 9.53 Å². The summed E-state index contributed by atoms with van der Waals surface area (Å²) < 4.78 is 5.65. The molecule has 3 N–H and O–H groups in total. The van der Waals surface area contributed by atoms with Gasteiger partial charge in [-0.3, -0.25) is 4.79 Å². The van der Waals surface area contributed by atoms with Gasteiger partial charge >= 0.3 is 0 Å². The minimum Gasteiger partial charge on any atom is -0.483 e. The molecule has 1 aliphatic rings. The number of piperidine rings is 1. The van der Waals surface area contributed by atoms with Crippen LogP contribution >= 0.6 is 0 Å². The summed E-state index contributed by atoms with van der Waals surface area (Å²) in [6, 6.07) is 13.8. The number of amides is 1. The van der Waals surface area contributed by atoms with Gasteiger partial charge in [0.2, 0.25) is 0 Å². The number of nitrogens with zero attached hydrogens (tertiary/aromatic N) is 1. The van der Waals surface area contributed by atoms with Gasteiger partial charge in [0.05, 0.1) is 11.4 Å². The van der Waals surface area contributed by atoms with Gasteiger partial charge in [-0.2, -0.15) is 0 Å². The van der Waals surface area contributed by atoms with Gasteiger partial charge in [0.25, 0.3) is 5.91 Å². The lowest BCUT2D eigenvalue weighted by atomic mass is 10.0. The van der Waals surface area contributed by atoms with Gasteiger partial charge in [0, 0.05) is 18.3 Å². The first kappa shape index (κ1) is 18.1. The molecule has 3 rings (SSSR count). The molecular weight excluding hydrogens is 326 g/mol. The van der Waals surface area contributed by atoms with Crippen molar-refractivity contribution in [2.75, 3.05) is 29.1 Å². The van der Waals surface area contributed by atoms with E-state index in [4.69, 9.17) is 10.5 Å². The topological polar surface area (TPSA) is 67.6 Å². The second-order valence-corrected chi connectivity index (χ2v) is 6.92. The average molecular weight is 353 g/mol. The van der Waals surface area contributed by atoms with Crippen LogP contribution < -0.4 is 20.7 Å². The van der Waals surface area contributed by atoms with Crippen LogP contribution in [0, 0.1) is 6.92 Å². The number of carbonyl (C=O) groups is 1. The molecule has 1 heterocycles. The Balaban J connectivity index is 1.71. The molecule has 0 aromatic heterocycles. The maximum atomic E-state index is 12.4. The normalized spacial score (nSPS) is 17.0. The minimum atomic E-state index is -0.190. The van der Waals surface area contributed by atoms with Crippen LogP contribution in [-0.4, -0.2) is 25.1 Å². The molecule has 138 valence electrons. The zero-order chi connectivity index (χ0) is 18.5. The van der Waals surface area contributed by atoms with Gasteiger partial charge in [-0.1, -0.05) is 18.2 Å². The van der Waals surface area contributed by atoms with Crippen LogP contribution in [0.15, 0.2) is 42.5 Å². The lowest BCUT2D eigenvalue weighted by Gasteiger charge is -2.36. The molecule has 5 nitrogen and oxygen atoms in total. The van der Waals surface area contributed by atoms with Gasteiger partial charge < -0.3 is 20.7 Å². The molecule has 0 radical (unpaired) electrons. The number of nitrogen functional groups attached to an aromatic ring is 1. The van der Waals surface area contributed by atoms with Crippen LogP contribution in [0.5, 0.6) is 5.75 Å². The number of rotatable bonds is 5. The summed E-state index contributed by atoms with van der Waals surface area (Å²) in [7, 11) is 0. The molecule has 5 heteroatoms. The second-order valence-electron chi connectivity index (χ2n) is 6.92. The van der Waals surface area contributed by atoms with Crippen LogP contribution in [0.1, 0.15) is 31.7 Å². The lowest BCUT2D eigenvalue weighted by molar-refractivity contribution is -0.118. The van der Waals surface area contributed by atoms with Crippen molar-refractivity contribution in [3.63, 3.8) is 0 Å². The third-order valence-electron chi connectivity index (χ3n) is 4.86. The third-order valence-corrected chi connectivity index (χ3v) is 4.86. The average Bonchev–Trinajstić information content (AvgIpc) is 2.62. The van der Waals surface area contributed by atoms with Gasteiger partial charge in [-0.15, -0.1) is 0 Å². The van der Waals surface area contributed by atoms with E-state index >= 15 is 0 Å². The van der Waals surface area contributed by atoms with E-state index in [1.165, 1.54) is 12.8 Å². The quantitative estimate of drug-likeness (QED) is 0.798. The SMILES string of the molecule is Cc1ccccc1OCC(=O)Nc1cc(N)ccc1N1CCCCC1C. The molecule has 1 fully saturated rings. The molecule has 26 heavy (non-hydrogen) atoms. The van der Waals surface area contributed by atoms with Crippen LogP contribution in [-0.2, 0) is 4.79 Å². The van der Waals surface area contributed by atoms with Gasteiger partial charge in [-0.25, -0.2) is 0 Å². The summed E-state index contributed by atoms with van der Waals surface area (Å²) >= 11 is 0. The third kappa shape index (κ3) is 4.28. The Hall–Kier alpha value is -2.69. The highest BCUT2D eigenvalue weighted by Crippen LogP contribution is 2.33. The number of hydrogen-bond acceptors (Lipinski definition) is 4. The Morgan fingerprint density at radius 3 is 2.85 bits per heavy atom. The molecule has 1 atom stereocenters. The zero-order valence-electron chi connectivity index (χ0n) is 15.5. The Kier molecular flexibility index (Phi) is 5.66. The first-order valence-electron chi connectivity index (χ1n) is 9.19. The zero-order valence-corrected chi connectivity index (χ0v) is 15.5. The van der Waals surface area contributed by atoms with E-state index in [1.807, 2.05) is 49.4 Å². The van der Waals surface area contributed by atoms with Crippen molar-refractivity contribution in [2.24, 2.45) is 0 Å². The molecule has 0 aliphatic carbocycles. The first-order valence-corrected chi connectivity index (χ1v) is 9.19. The standard InChI is InChI=1S/C21H27N3O2/c1-15-7-3-4-9-20(15)26-14-21(25)23-18-13-17(22)10-11-19(18)24-12-6-5-8-16(24)2/h3-4,7,9-11,13,16H,5-6,8,12,14,22H2,1-2H3,(H,23,25). The summed E-state index contributed by atoms with van der Waals surface area (Å²) in [5, 5.41) is 2.97. The van der Waals surface area contributed by atoms with E-state index in [0.29, 0.717) is 11.7 Å². The maximum Gasteiger partial charge on any atom is 0.262 e. The number of carbonyl (C=O) groups excluding carboxylic acids is 1. The number of aryl methyl sites for hydroxylation is 1. The Bertz CT molecular complexity index is 776. The van der Waals surface area contributed by atoms with E-state index in [9.17, 15) is 4.79 Å². The fourth-order valence-electron chi connectivity index (χ4n) is 3.41. The first-order chi connectivity index (χ1) is 12.5. The van der Waals surface area contributed by atoms with Crippen LogP contribution in [0.2, 0.25) is 0 Å². The molecule has 2 aromatic carbocycles. The van der Waals surface area contributed by atoms with Crippen LogP contribution in [0.25, 0.3) is 0 Å². The summed E-state index contributed by atoms with van der Waals surface area (Å²) in [6.07, 6.45) is 3.57. The van der Waals surface area contributed by atoms with Crippen LogP contribution in [0.4, 0.5) is 17.1 Å². The monoisotopic (exact) mass is 353 g/mol. The summed E-state index contributed by atoms with van der Waals surface area (Å²) in [4.78, 5) is 14.8. The summed E-state index contributed by atoms with van der Waals surface area (Å²) in [6.45, 7) is 5.14. The number of nitrogens with one attached hydrogen (secondary N) is 1. The molecule has 0 bridgehead atoms. The molecule has 1 saturated heterocycles. The van der Waals surface area contributed by atoms with E-state index in [2.05, 4.69) is 17.1 Å². The van der Waals surface area contributed by atoms with Crippen molar-refractivity contribution in [1.82, 2.24) is 0 Å². The summed E-state index contributed by atoms with van der Waals surface area (Å²) in [5.41, 5.74) is 9.36. The molecule has 1 unspecified atom stereocenters. The Morgan fingerprint density at radius 2 is 2.08 bits per heavy atom. The number of ether oxygens (including phenoxy) is 1. The maximum absolute atomic E-state index is 12.4. The number of benzene rings is 2. The van der Waals surface area contributed by atoms with Crippen molar-refractivity contribution >= 4 is 23.0 Å². The highest BCUT2D eigenvalue weighted by Gasteiger charge is 2.21. The summed E-state index contributed by atoms with van der Waals surface area (Å²) in [5.74, 6) is 0.532. The highest BCUT2D eigenvalue weighted by molar-refractivity contribution is 5.96. The highest BCUT2D eigenvalue weighted by atomic mass is 16.5. The van der Waals surface area contributed by atoms with Crippen molar-refractivity contribution in [1.29, 1.82) is 0 Å². The minimum absolute atomic E-state index is 0.0331. The predicted molar refractivity (Wildman–Crippen MR) is 107 cm³/mol. The van der Waals surface area contributed by atoms with Gasteiger partial charge in [0.1, 0.15) is 5.75 Å². The molecule has 2 aromatic rings. The van der Waals surface area contributed by atoms with Crippen molar-refractivity contribution in [2.45, 2.75) is 39.2 Å². The van der Waals surface area contributed by atoms with E-state index in [-0.39, 0.29) is 12.5 Å². The molecule has 1 aliphatic heterocycles. The number of hydrogen-bond donors (Lipinski definition) is 2. The van der Waals surface area contributed by atoms with Crippen molar-refractivity contribution in [3.8, 4) is 5.75 Å². The van der Waals surface area contributed by atoms with Gasteiger partial charge in [0.15, 0.2) is 6.61 Å². The number of para-hydroxylation sites is 1. The Morgan fingerprint density at radius 1 is 1.27 bits per heavy atom. The smallest absolute Gasteiger partial charge is 0.262 e. The van der Waals surface area contributed by atoms with Crippen LogP contribution in [0.3, 0.4) is 0 Å². The fourth-order valence-corrected chi connectivity index (χ4v) is 3.41. The fraction of sp³-hybridized carbons (Fsp3) is 0.381. The largest absolute Gasteiger partial charge is 0.483 e. The van der Waals surface area contributed by atoms with E-state index in [0.717, 1.165) is 35.7 Å². The Labute approximate surface area is 155 Å². The van der Waals surface area contributed by atoms with Gasteiger partial charge in [-0.05, 0) is 62.9 Å². The van der Waals surface area contributed by atoms with E-state index < -0.39 is 0 Å². The lowest BCUT2D eigenvalue weighted by Crippen LogP contribution is -2.38. The number of anilines is 3. The van der Waals surface area contributed by atoms with E-state index in [1.54, 1.807) is 0 Å². The van der Waals surface area contributed by atoms with Crippen molar-refractivity contribution in [3.05, 3.63) is 48.0 Å². The molecule has 0 saturated carbocycles. The molecule has 0 spiro atoms. The number of nitrogens with two attached hydrogens (primary N) is 1. The predicted octanol–water partition coefficient (Wildman–Crippen LogP) is 3.97. The molecule has 1 amide bonds. The molecular formula is C21H27N3O2. The second kappa shape index (κ2) is 8.13.